The molecule has 0 unspecified atom stereocenters. The van der Waals surface area contributed by atoms with Crippen molar-refractivity contribution in [1.29, 1.82) is 15.8 Å². The first-order valence-corrected chi connectivity index (χ1v) is 46.1. The third-order valence-corrected chi connectivity index (χ3v) is 33.3. The number of fused-ring (bicyclic) bond motifs is 16. The number of nitriles is 3. The molecule has 0 saturated heterocycles. The molecule has 0 radical (unpaired) electrons. The van der Waals surface area contributed by atoms with Crippen LogP contribution in [-0.4, -0.2) is 103 Å². The summed E-state index contributed by atoms with van der Waals surface area (Å²) in [4.78, 5) is 21.3. The first kappa shape index (κ1) is 69.7. The van der Waals surface area contributed by atoms with E-state index in [9.17, 15) is 15.8 Å². The third-order valence-electron chi connectivity index (χ3n) is 19.7. The fourth-order valence-electron chi connectivity index (χ4n) is 14.6. The first-order valence-electron chi connectivity index (χ1n) is 35.8. The van der Waals surface area contributed by atoms with E-state index >= 15 is 0 Å². The van der Waals surface area contributed by atoms with Crippen LogP contribution in [0, 0.1) is 34.0 Å². The molecule has 0 N–H and O–H groups in total. The standard InChI is InChI=1S/C36H21N3Se2.C32H19N3Se2.C28H17N3Se2/c37-21-23(31-20-29-27-11-3-1-9-25(27)26-10-2-4-12-28(26)30(29)22-38-31)19-24-17-18-36(40-24)39-32-13-5-7-15-34(32)41-35-16-8-6-14-33(35)39;33-19-23(27-18-22-14-13-21-7-1-2-8-25(21)26(22)20-34-27)17-24-15-16-32(36-24)35-28-9-3-5-11-30(28)37-31-12-6-4-10-29(31)35;29-17-21(23-16-19-7-1-2-8-20(19)18-30-23)15-22-13-14-28(32-22)31-24-9-3-5-11-26(24)33-27-12-6-4-10-25(27)31/h1-20,22H;1-18,20H;1-16,18H/b23-19+;23-17+;21-15+. The molecule has 0 aliphatic carbocycles. The third kappa shape index (κ3) is 13.6. The monoisotopic (exact) mass is 1810 g/mol. The van der Waals surface area contributed by atoms with Crippen LogP contribution in [-0.2, 0) is 0 Å². The van der Waals surface area contributed by atoms with Crippen LogP contribution < -0.4 is 41.5 Å². The van der Waals surface area contributed by atoms with E-state index in [0.29, 0.717) is 58.0 Å². The molecule has 522 valence electrons. The molecule has 111 heavy (non-hydrogen) atoms. The number of rotatable bonds is 9. The second-order valence-corrected chi connectivity index (χ2v) is 40.1. The average Bonchev–Trinajstić information content (AvgIpc) is 1.48. The molecule has 6 aromatic heterocycles. The number of benzene rings is 12. The summed E-state index contributed by atoms with van der Waals surface area (Å²) in [5.41, 5.74) is 11.6. The van der Waals surface area contributed by atoms with Gasteiger partial charge in [0.25, 0.3) is 0 Å². The van der Waals surface area contributed by atoms with E-state index in [1.165, 1.54) is 120 Å². The molecule has 0 fully saturated rings. The summed E-state index contributed by atoms with van der Waals surface area (Å²) in [6.45, 7) is 0. The second-order valence-electron chi connectivity index (χ2n) is 26.4. The summed E-state index contributed by atoms with van der Waals surface area (Å²) in [6.07, 6.45) is 11.7. The summed E-state index contributed by atoms with van der Waals surface area (Å²) in [5.74, 6) is 0. The van der Waals surface area contributed by atoms with Crippen molar-refractivity contribution in [2.24, 2.45) is 0 Å². The number of aromatic nitrogens is 3. The molecule has 21 rings (SSSR count). The molecule has 0 amide bonds. The Bertz CT molecular complexity index is 6830. The van der Waals surface area contributed by atoms with Gasteiger partial charge in [-0.25, -0.2) is 0 Å². The van der Waals surface area contributed by atoms with Gasteiger partial charge in [0.2, 0.25) is 0 Å². The van der Waals surface area contributed by atoms with Gasteiger partial charge in [0.1, 0.15) is 0 Å². The van der Waals surface area contributed by atoms with Crippen LogP contribution >= 0.6 is 0 Å². The number of anilines is 9. The Balaban J connectivity index is 0.000000113. The molecule has 0 spiro atoms. The van der Waals surface area contributed by atoms with Gasteiger partial charge in [0, 0.05) is 0 Å². The number of hydrogen-bond acceptors (Lipinski definition) is 9. The Morgan fingerprint density at radius 1 is 0.252 bits per heavy atom. The predicted octanol–water partition coefficient (Wildman–Crippen LogP) is 17.8. The van der Waals surface area contributed by atoms with Crippen molar-refractivity contribution in [2.75, 3.05) is 14.7 Å². The SMILES string of the molecule is N#C/C(=C\c1ccc(N2c3ccccc3[Se]c3ccccc32)[se]1)c1cc2c3ccccc3c3ccccc3c2cn1.N#C/C(=C\c1ccc(N2c3ccccc3[Se]c3ccccc32)[se]1)c1cc2ccc3ccccc3c2cn1.N#C/C(=C\c1ccc(N2c3ccccc3[Se]c3ccccc32)[se]1)c1cc2ccccc2cn1. The Hall–Kier alpha value is -11.7. The van der Waals surface area contributed by atoms with Crippen LogP contribution in [0.5, 0.6) is 0 Å². The van der Waals surface area contributed by atoms with Crippen LogP contribution in [0.1, 0.15) is 30.4 Å². The number of nitrogens with zero attached hydrogens (tertiary/aromatic N) is 9. The van der Waals surface area contributed by atoms with Gasteiger partial charge < -0.3 is 0 Å². The van der Waals surface area contributed by atoms with Crippen molar-refractivity contribution in [2.45, 2.75) is 0 Å². The van der Waals surface area contributed by atoms with E-state index in [4.69, 9.17) is 9.97 Å². The van der Waals surface area contributed by atoms with Gasteiger partial charge in [0.15, 0.2) is 0 Å². The maximum atomic E-state index is 10.3. The zero-order valence-corrected chi connectivity index (χ0v) is 69.2. The van der Waals surface area contributed by atoms with Gasteiger partial charge in [-0.05, 0) is 0 Å². The minimum absolute atomic E-state index is 0.0480. The molecule has 0 saturated carbocycles. The quantitative estimate of drug-likeness (QED) is 0.0790. The van der Waals surface area contributed by atoms with Crippen molar-refractivity contribution in [3.63, 3.8) is 0 Å². The Morgan fingerprint density at radius 3 is 0.955 bits per heavy atom. The molecule has 9 nitrogen and oxygen atoms in total. The fraction of sp³-hybridized carbons (Fsp3) is 0. The maximum absolute atomic E-state index is 10.3. The Kier molecular flexibility index (Phi) is 19.2. The van der Waals surface area contributed by atoms with Crippen LogP contribution in [0.3, 0.4) is 0 Å². The molecule has 12 aromatic carbocycles. The van der Waals surface area contributed by atoms with E-state index in [2.05, 4.69) is 311 Å². The summed E-state index contributed by atoms with van der Waals surface area (Å²) in [6, 6.07) is 116. The number of pyridine rings is 3. The number of allylic oxidation sites excluding steroid dienone is 3. The molecule has 18 aromatic rings. The second kappa shape index (κ2) is 30.6. The number of para-hydroxylation sites is 6. The average molecular weight is 1810 g/mol. The van der Waals surface area contributed by atoms with E-state index in [0.717, 1.165) is 38.0 Å². The van der Waals surface area contributed by atoms with Crippen LogP contribution in [0.2, 0.25) is 0 Å². The van der Waals surface area contributed by atoms with Gasteiger partial charge in [-0.15, -0.1) is 0 Å². The summed E-state index contributed by atoms with van der Waals surface area (Å²) in [7, 11) is 0. The minimum atomic E-state index is 0.0480. The van der Waals surface area contributed by atoms with Gasteiger partial charge in [-0.2, -0.15) is 0 Å². The molecular weight excluding hydrogens is 1750 g/mol. The van der Waals surface area contributed by atoms with Gasteiger partial charge in [0.05, 0.1) is 0 Å². The summed E-state index contributed by atoms with van der Waals surface area (Å²) < 4.78 is 15.8. The van der Waals surface area contributed by atoms with Crippen LogP contribution in [0.4, 0.5) is 47.8 Å². The molecule has 3 aliphatic heterocycles. The predicted molar refractivity (Wildman–Crippen MR) is 467 cm³/mol. The summed E-state index contributed by atoms with van der Waals surface area (Å²) in [5, 5.41) is 44.0. The molecule has 3 aliphatic rings. The zero-order valence-electron chi connectivity index (χ0n) is 58.9. The van der Waals surface area contributed by atoms with Crippen molar-refractivity contribution in [3.05, 3.63) is 358 Å². The normalized spacial score (nSPS) is 12.8. The van der Waals surface area contributed by atoms with Gasteiger partial charge in [-0.3, -0.25) is 0 Å². The fourth-order valence-corrected chi connectivity index (χ4v) is 27.4. The van der Waals surface area contributed by atoms with Crippen molar-refractivity contribution < 1.29 is 0 Å². The molecule has 0 bridgehead atoms. The van der Waals surface area contributed by atoms with Crippen LogP contribution in [0.25, 0.3) is 99.6 Å². The molecule has 9 heterocycles. The van der Waals surface area contributed by atoms with Crippen molar-refractivity contribution >= 4 is 263 Å². The van der Waals surface area contributed by atoms with Gasteiger partial charge in [-0.1, -0.05) is 0 Å². The first-order chi connectivity index (χ1) is 54.9. The van der Waals surface area contributed by atoms with Crippen molar-refractivity contribution in [1.82, 2.24) is 15.0 Å². The topological polar surface area (TPSA) is 120 Å². The van der Waals surface area contributed by atoms with Crippen LogP contribution in [0.15, 0.2) is 328 Å². The Morgan fingerprint density at radius 2 is 0.550 bits per heavy atom. The molecule has 15 heteroatoms. The van der Waals surface area contributed by atoms with Gasteiger partial charge >= 0.3 is 685 Å². The van der Waals surface area contributed by atoms with E-state index in [-0.39, 0.29) is 58.5 Å². The van der Waals surface area contributed by atoms with E-state index in [1.807, 2.05) is 73.2 Å². The molecular formula is C96H57N9Se6. The van der Waals surface area contributed by atoms with E-state index < -0.39 is 0 Å². The number of hydrogen-bond donors (Lipinski definition) is 0. The summed E-state index contributed by atoms with van der Waals surface area (Å²) >= 11 is 1.10. The van der Waals surface area contributed by atoms with E-state index in [1.54, 1.807) is 0 Å². The zero-order chi connectivity index (χ0) is 74.3. The van der Waals surface area contributed by atoms with Crippen molar-refractivity contribution in [3.8, 4) is 18.2 Å². The molecule has 0 atom stereocenters. The Labute approximate surface area is 678 Å².